The second kappa shape index (κ2) is 38.4. The lowest BCUT2D eigenvalue weighted by Gasteiger charge is -2.48. The number of nitrogens with two attached hydrogens (primary N) is 2. The van der Waals surface area contributed by atoms with Crippen molar-refractivity contribution in [2.75, 3.05) is 26.7 Å². The van der Waals surface area contributed by atoms with Crippen molar-refractivity contribution < 1.29 is 122 Å². The number of halogens is 2. The van der Waals surface area contributed by atoms with Crippen LogP contribution in [0.15, 0.2) is 78.9 Å². The molecule has 35 nitrogen and oxygen atoms in total. The van der Waals surface area contributed by atoms with Gasteiger partial charge in [-0.2, -0.15) is 0 Å². The molecule has 21 N–H and O–H groups in total. The van der Waals surface area contributed by atoms with Crippen molar-refractivity contribution in [1.82, 2.24) is 42.5 Å². The summed E-state index contributed by atoms with van der Waals surface area (Å²) >= 11 is 14.3. The Bertz CT molecular complexity index is 4430. The Morgan fingerprint density at radius 1 is 0.687 bits per heavy atom. The second-order valence-electron chi connectivity index (χ2n) is 29.7. The van der Waals surface area contributed by atoms with Crippen LogP contribution in [0, 0.1) is 5.92 Å². The molecule has 5 aromatic rings. The molecule has 12 rings (SSSR count). The van der Waals surface area contributed by atoms with E-state index in [9.17, 15) is 74.7 Å². The summed E-state index contributed by atoms with van der Waals surface area (Å²) in [7, 11) is 1.48. The minimum absolute atomic E-state index is 0.105. The number of carboxylic acids is 1. The highest BCUT2D eigenvalue weighted by atomic mass is 35.5. The summed E-state index contributed by atoms with van der Waals surface area (Å²) in [5.41, 5.74) is 7.75. The largest absolute Gasteiger partial charge is 0.508 e. The third-order valence-corrected chi connectivity index (χ3v) is 21.3. The lowest BCUT2D eigenvalue weighted by molar-refractivity contribution is -0.331. The summed E-state index contributed by atoms with van der Waals surface area (Å²) in [6.45, 7) is 8.19. The number of aliphatic hydroxyl groups is 5. The molecule has 11 bridgehead atoms. The molecule has 7 amide bonds. The van der Waals surface area contributed by atoms with Crippen molar-refractivity contribution in [1.29, 1.82) is 0 Å². The maximum atomic E-state index is 16.2. The summed E-state index contributed by atoms with van der Waals surface area (Å²) in [6.07, 6.45) is -10.4. The molecule has 7 aliphatic heterocycles. The standard InChI is InChI=1S/C78H98Cl2N10O25/c1-7-8-9-10-11-12-13-14-21-109-55(95)33-84-78(5)31-56(110-35(4)69(78)100)114-68-66(99)65(98)53(32-81)113-77(68)115-67-51-26-39-27-52(67)112-50-20-17-38(25-44(50)80)64(97)62-75(106)88-60(76(107)108)42-28-40(91)29-48(93)57(42)41-23-36(15-18-47(41)92)58(72(103)90-62)87-73(104)59(39)86-71(102)46(30-54(82)94)85-74(105)61(89-70(101)45(83-6)22-34(2)3)63(96)37-16-19-49(111-51)43(79)24-37/h15-20,23-29,34-35,45-46,53,56,58-66,68-69,77,83-84,91-93,96-100H,7-14,21-22,30-33,81H2,1-6H3,(H2,82,94)(H,85,105)(H,86,102)(H,87,104)(H,88,106)(H,89,101)(H,90,103)(H,107,108)/t35-,45+,46-,53+,56-,58+,59+,60-,61+,62-,63+,64+,65+,66-,68+,69+,77-,78-/m0/s1. The smallest absolute Gasteiger partial charge is 0.330 e. The number of amides is 7. The fraction of sp³-hybridized carbons (Fsp3) is 0.500. The Balaban J connectivity index is 1.16. The van der Waals surface area contributed by atoms with E-state index in [1.165, 1.54) is 32.5 Å². The molecule has 0 radical (unpaired) electrons. The van der Waals surface area contributed by atoms with Crippen molar-refractivity contribution in [2.24, 2.45) is 17.4 Å². The minimum atomic E-state index is -2.36. The molecule has 2 fully saturated rings. The lowest BCUT2D eigenvalue weighted by Crippen LogP contribution is -2.66. The molecule has 0 saturated carbocycles. The molecule has 7 heterocycles. The first kappa shape index (κ1) is 87.7. The van der Waals surface area contributed by atoms with Gasteiger partial charge >= 0.3 is 11.9 Å². The number of primary amides is 1. The van der Waals surface area contributed by atoms with E-state index in [4.69, 9.17) is 67.8 Å². The van der Waals surface area contributed by atoms with Gasteiger partial charge in [-0.05, 0) is 117 Å². The van der Waals surface area contributed by atoms with Crippen LogP contribution in [0.4, 0.5) is 0 Å². The average molecular weight is 1650 g/mol. The SMILES string of the molecule is CCCCCCCCCCOC(=O)CN[C@@]1(C)C[C@H](O[C@H]2[C@H](Oc3c4cc5cc3Oc3ccc(cc3Cl)[C@@H](O)[C@@H](NC(=O)[C@@H](CC(C)C)NC)C(=O)N[C@@H](CC(N)=O)C(=O)N[C@H]5C(=O)N[C@H]3C(=O)N[C@H](C(=O)N[C@H](C(=O)O)c5cc(O)cc(O)c5-c5cc3ccc5O)[C@H](O)c3ccc(c(Cl)c3)O4)O[C@H](CN)[C@@H](O)[C@@H]2O)O[C@@H](C)[C@H]1O. The van der Waals surface area contributed by atoms with Crippen LogP contribution in [0.1, 0.15) is 163 Å². The van der Waals surface area contributed by atoms with Crippen LogP contribution in [0.2, 0.25) is 10.0 Å². The number of rotatable bonds is 25. The summed E-state index contributed by atoms with van der Waals surface area (Å²) in [5.74, 6) is -16.6. The molecule has 2 saturated heterocycles. The fourth-order valence-corrected chi connectivity index (χ4v) is 14.9. The van der Waals surface area contributed by atoms with E-state index in [1.807, 2.05) is 13.8 Å². The van der Waals surface area contributed by atoms with Crippen molar-refractivity contribution in [3.63, 3.8) is 0 Å². The van der Waals surface area contributed by atoms with Crippen LogP contribution in [0.3, 0.4) is 0 Å². The molecule has 37 heteroatoms. The quantitative estimate of drug-likeness (QED) is 0.0294. The van der Waals surface area contributed by atoms with E-state index in [2.05, 4.69) is 49.5 Å². The number of esters is 1. The van der Waals surface area contributed by atoms with Crippen LogP contribution < -0.4 is 68.2 Å². The van der Waals surface area contributed by atoms with Crippen LogP contribution >= 0.6 is 23.2 Å². The number of likely N-dealkylation sites (N-methyl/N-ethyl adjacent to an activating group) is 1. The predicted molar refractivity (Wildman–Crippen MR) is 409 cm³/mol. The highest BCUT2D eigenvalue weighted by molar-refractivity contribution is 6.32. The summed E-state index contributed by atoms with van der Waals surface area (Å²) in [4.78, 5) is 131. The third-order valence-electron chi connectivity index (χ3n) is 20.7. The van der Waals surface area contributed by atoms with Gasteiger partial charge in [0, 0.05) is 41.3 Å². The Labute approximate surface area is 670 Å². The zero-order valence-corrected chi connectivity index (χ0v) is 65.3. The number of aliphatic carboxylic acids is 1. The van der Waals surface area contributed by atoms with Crippen molar-refractivity contribution in [2.45, 2.75) is 214 Å². The van der Waals surface area contributed by atoms with Gasteiger partial charge < -0.3 is 128 Å². The number of fused-ring (bicyclic) bond motifs is 15. The Morgan fingerprint density at radius 2 is 1.30 bits per heavy atom. The molecular weight excluding hydrogens is 1550 g/mol. The molecule has 0 unspecified atom stereocenters. The number of hydrogen-bond donors (Lipinski definition) is 19. The first-order valence-electron chi connectivity index (χ1n) is 37.8. The van der Waals surface area contributed by atoms with Crippen molar-refractivity contribution in [3.8, 4) is 57.1 Å². The highest BCUT2D eigenvalue weighted by Gasteiger charge is 2.52. The number of nitrogens with one attached hydrogen (secondary N) is 8. The van der Waals surface area contributed by atoms with E-state index >= 15 is 14.4 Å². The number of carbonyl (C=O) groups is 9. The summed E-state index contributed by atoms with van der Waals surface area (Å²) in [5, 5.41) is 125. The molecule has 0 aromatic heterocycles. The van der Waals surface area contributed by atoms with Crippen molar-refractivity contribution >= 4 is 76.5 Å². The number of carbonyl (C=O) groups excluding carboxylic acids is 8. The Hall–Kier alpha value is -9.73. The second-order valence-corrected chi connectivity index (χ2v) is 30.5. The van der Waals surface area contributed by atoms with Gasteiger partial charge in [0.1, 0.15) is 89.5 Å². The van der Waals surface area contributed by atoms with Crippen LogP contribution in [0.25, 0.3) is 11.1 Å². The average Bonchev–Trinajstić information content (AvgIpc) is 0.768. The topological polar surface area (TPSA) is 549 Å². The normalized spacial score (nSPS) is 27.2. The van der Waals surface area contributed by atoms with E-state index in [0.717, 1.165) is 105 Å². The minimum Gasteiger partial charge on any atom is -0.508 e. The molecule has 624 valence electrons. The number of phenolic OH excluding ortho intramolecular Hbond substituents is 3. The number of benzene rings is 5. The molecular formula is C78H98Cl2N10O25. The van der Waals surface area contributed by atoms with Gasteiger partial charge in [-0.25, -0.2) is 4.79 Å². The summed E-state index contributed by atoms with van der Waals surface area (Å²) < 4.78 is 45.0. The zero-order valence-electron chi connectivity index (χ0n) is 63.8. The molecule has 0 spiro atoms. The van der Waals surface area contributed by atoms with Gasteiger partial charge in [0.15, 0.2) is 29.9 Å². The monoisotopic (exact) mass is 1640 g/mol. The van der Waals surface area contributed by atoms with Crippen LogP contribution in [-0.4, -0.2) is 205 Å². The van der Waals surface area contributed by atoms with Gasteiger partial charge in [0.2, 0.25) is 53.4 Å². The van der Waals surface area contributed by atoms with Crippen LogP contribution in [-0.2, 0) is 62.1 Å². The van der Waals surface area contributed by atoms with Gasteiger partial charge in [0.05, 0.1) is 47.9 Å². The van der Waals surface area contributed by atoms with E-state index in [0.29, 0.717) is 6.42 Å². The van der Waals surface area contributed by atoms with E-state index < -0.39 is 243 Å². The molecule has 18 atom stereocenters. The number of hydrogen-bond acceptors (Lipinski definition) is 27. The van der Waals surface area contributed by atoms with E-state index in [-0.39, 0.29) is 59.4 Å². The molecule has 7 aliphatic rings. The molecule has 0 aliphatic carbocycles. The highest BCUT2D eigenvalue weighted by Crippen LogP contribution is 2.50. The van der Waals surface area contributed by atoms with Gasteiger partial charge in [0.25, 0.3) is 0 Å². The molecule has 115 heavy (non-hydrogen) atoms. The number of ether oxygens (including phenoxy) is 7. The molecule has 5 aromatic carbocycles. The Morgan fingerprint density at radius 3 is 1.90 bits per heavy atom. The Kier molecular flexibility index (Phi) is 29.2. The number of phenols is 3. The zero-order chi connectivity index (χ0) is 83.6. The van der Waals surface area contributed by atoms with Gasteiger partial charge in [-0.15, -0.1) is 0 Å². The van der Waals surface area contributed by atoms with Crippen LogP contribution in [0.5, 0.6) is 46.0 Å². The number of carboxylic acid groups (broad SMARTS) is 1. The maximum Gasteiger partial charge on any atom is 0.330 e. The maximum absolute atomic E-state index is 16.2. The summed E-state index contributed by atoms with van der Waals surface area (Å²) in [6, 6.07) is -0.598. The van der Waals surface area contributed by atoms with E-state index in [1.54, 1.807) is 6.92 Å². The third kappa shape index (κ3) is 20.7. The predicted octanol–water partition coefficient (Wildman–Crippen LogP) is 3.39. The first-order valence-corrected chi connectivity index (χ1v) is 38.5. The van der Waals surface area contributed by atoms with Gasteiger partial charge in [-0.3, -0.25) is 43.7 Å². The number of aliphatic hydroxyl groups excluding tert-OH is 5. The number of unbranched alkanes of at least 4 members (excludes halogenated alkanes) is 7. The fourth-order valence-electron chi connectivity index (χ4n) is 14.4. The first-order chi connectivity index (χ1) is 54.6. The van der Waals surface area contributed by atoms with Crippen molar-refractivity contribution in [3.05, 3.63) is 117 Å². The van der Waals surface area contributed by atoms with Gasteiger partial charge in [-0.1, -0.05) is 107 Å². The number of aromatic hydroxyl groups is 3. The lowest BCUT2D eigenvalue weighted by atomic mass is 9.85.